The quantitative estimate of drug-likeness (QED) is 0.684. The second kappa shape index (κ2) is 7.26. The van der Waals surface area contributed by atoms with E-state index in [0.29, 0.717) is 6.61 Å². The van der Waals surface area contributed by atoms with Gasteiger partial charge in [0.2, 0.25) is 0 Å². The van der Waals surface area contributed by atoms with E-state index in [9.17, 15) is 0 Å². The molecular formula is C16H39NO2Si2. The van der Waals surface area contributed by atoms with Crippen molar-refractivity contribution in [2.24, 2.45) is 5.73 Å². The SMILES string of the molecule is CC(C)(C)[Si](C)(C)OCCC(N)CO[Si](C)(C)C(C)(C)C. The third-order valence-corrected chi connectivity index (χ3v) is 14.3. The Morgan fingerprint density at radius 2 is 1.19 bits per heavy atom. The minimum absolute atomic E-state index is 0.0730. The lowest BCUT2D eigenvalue weighted by Gasteiger charge is -2.37. The third-order valence-electron chi connectivity index (χ3n) is 5.22. The number of nitrogens with two attached hydrogens (primary N) is 1. The Labute approximate surface area is 135 Å². The predicted octanol–water partition coefficient (Wildman–Crippen LogP) is 4.75. The molecule has 0 aliphatic carbocycles. The molecule has 21 heavy (non-hydrogen) atoms. The summed E-state index contributed by atoms with van der Waals surface area (Å²) in [6.07, 6.45) is 0.876. The standard InChI is InChI=1S/C16H39NO2Si2/c1-15(2,3)20(7,8)18-12-11-14(17)13-19-21(9,10)16(4,5)6/h14H,11-13,17H2,1-10H3. The zero-order chi connectivity index (χ0) is 17.1. The van der Waals surface area contributed by atoms with Crippen molar-refractivity contribution in [3.63, 3.8) is 0 Å². The molecule has 0 fully saturated rings. The fraction of sp³-hybridized carbons (Fsp3) is 1.00. The first-order valence-corrected chi connectivity index (χ1v) is 14.0. The molecule has 0 saturated heterocycles. The molecule has 3 nitrogen and oxygen atoms in total. The van der Waals surface area contributed by atoms with Gasteiger partial charge in [0.1, 0.15) is 0 Å². The van der Waals surface area contributed by atoms with E-state index in [0.717, 1.165) is 13.0 Å². The van der Waals surface area contributed by atoms with Gasteiger partial charge < -0.3 is 14.6 Å². The smallest absolute Gasteiger partial charge is 0.192 e. The van der Waals surface area contributed by atoms with Crippen molar-refractivity contribution in [2.45, 2.75) is 90.3 Å². The van der Waals surface area contributed by atoms with E-state index in [2.05, 4.69) is 67.7 Å². The summed E-state index contributed by atoms with van der Waals surface area (Å²) in [5.41, 5.74) is 6.20. The van der Waals surface area contributed by atoms with Gasteiger partial charge in [-0.05, 0) is 42.7 Å². The van der Waals surface area contributed by atoms with E-state index in [1.54, 1.807) is 0 Å². The molecule has 0 amide bonds. The van der Waals surface area contributed by atoms with Crippen molar-refractivity contribution < 1.29 is 8.85 Å². The highest BCUT2D eigenvalue weighted by Gasteiger charge is 2.38. The van der Waals surface area contributed by atoms with Gasteiger partial charge in [-0.15, -0.1) is 0 Å². The lowest BCUT2D eigenvalue weighted by molar-refractivity contribution is 0.222. The van der Waals surface area contributed by atoms with Crippen molar-refractivity contribution in [3.05, 3.63) is 0 Å². The lowest BCUT2D eigenvalue weighted by atomic mass is 10.2. The fourth-order valence-electron chi connectivity index (χ4n) is 1.30. The van der Waals surface area contributed by atoms with E-state index in [4.69, 9.17) is 14.6 Å². The molecule has 0 saturated carbocycles. The summed E-state index contributed by atoms with van der Waals surface area (Å²) in [6.45, 7) is 24.1. The van der Waals surface area contributed by atoms with Crippen molar-refractivity contribution >= 4 is 16.6 Å². The fourth-order valence-corrected chi connectivity index (χ4v) is 3.42. The van der Waals surface area contributed by atoms with Crippen LogP contribution >= 0.6 is 0 Å². The summed E-state index contributed by atoms with van der Waals surface area (Å²) in [5, 5.41) is 0.499. The Balaban J connectivity index is 4.17. The Morgan fingerprint density at radius 3 is 1.57 bits per heavy atom. The van der Waals surface area contributed by atoms with E-state index < -0.39 is 16.6 Å². The highest BCUT2D eigenvalue weighted by molar-refractivity contribution is 6.74. The van der Waals surface area contributed by atoms with E-state index in [1.807, 2.05) is 0 Å². The molecule has 128 valence electrons. The van der Waals surface area contributed by atoms with Gasteiger partial charge in [0, 0.05) is 19.3 Å². The molecular weight excluding hydrogens is 294 g/mol. The Bertz CT molecular complexity index is 317. The summed E-state index contributed by atoms with van der Waals surface area (Å²) in [4.78, 5) is 0. The maximum Gasteiger partial charge on any atom is 0.192 e. The molecule has 0 aromatic heterocycles. The first-order valence-electron chi connectivity index (χ1n) is 8.14. The summed E-state index contributed by atoms with van der Waals surface area (Å²) in [6, 6.07) is 0.0730. The molecule has 0 spiro atoms. The largest absolute Gasteiger partial charge is 0.417 e. The second-order valence-electron chi connectivity index (χ2n) is 9.23. The van der Waals surface area contributed by atoms with Crippen LogP contribution in [0.3, 0.4) is 0 Å². The first kappa shape index (κ1) is 21.3. The van der Waals surface area contributed by atoms with Gasteiger partial charge in [-0.2, -0.15) is 0 Å². The highest BCUT2D eigenvalue weighted by Crippen LogP contribution is 2.37. The van der Waals surface area contributed by atoms with Gasteiger partial charge in [0.25, 0.3) is 0 Å². The highest BCUT2D eigenvalue weighted by atomic mass is 28.4. The maximum absolute atomic E-state index is 6.20. The molecule has 5 heteroatoms. The minimum atomic E-state index is -1.69. The molecule has 0 aromatic rings. The molecule has 0 radical (unpaired) electrons. The van der Waals surface area contributed by atoms with Crippen molar-refractivity contribution in [1.29, 1.82) is 0 Å². The summed E-state index contributed by atoms with van der Waals surface area (Å²) in [5.74, 6) is 0. The van der Waals surface area contributed by atoms with Crippen LogP contribution < -0.4 is 5.73 Å². The molecule has 0 bridgehead atoms. The van der Waals surface area contributed by atoms with Crippen LogP contribution in [-0.2, 0) is 8.85 Å². The number of hydrogen-bond donors (Lipinski definition) is 1. The van der Waals surface area contributed by atoms with E-state index in [-0.39, 0.29) is 16.1 Å². The van der Waals surface area contributed by atoms with Crippen LogP contribution in [0.5, 0.6) is 0 Å². The average Bonchev–Trinajstić information content (AvgIpc) is 2.23. The van der Waals surface area contributed by atoms with E-state index >= 15 is 0 Å². The average molecular weight is 334 g/mol. The molecule has 0 rings (SSSR count). The van der Waals surface area contributed by atoms with Crippen LogP contribution in [0.2, 0.25) is 36.3 Å². The van der Waals surface area contributed by atoms with Crippen LogP contribution in [0.4, 0.5) is 0 Å². The second-order valence-corrected chi connectivity index (χ2v) is 18.8. The molecule has 0 aliphatic rings. The number of rotatable bonds is 7. The molecule has 0 aromatic carbocycles. The van der Waals surface area contributed by atoms with Gasteiger partial charge in [0.05, 0.1) is 0 Å². The monoisotopic (exact) mass is 333 g/mol. The lowest BCUT2D eigenvalue weighted by Crippen LogP contribution is -2.45. The Hall–Kier alpha value is 0.314. The zero-order valence-electron chi connectivity index (χ0n) is 16.1. The molecule has 2 N–H and O–H groups in total. The summed E-state index contributed by atoms with van der Waals surface area (Å²) < 4.78 is 12.4. The van der Waals surface area contributed by atoms with Crippen molar-refractivity contribution in [2.75, 3.05) is 13.2 Å². The summed E-state index contributed by atoms with van der Waals surface area (Å²) >= 11 is 0. The van der Waals surface area contributed by atoms with Crippen LogP contribution in [0, 0.1) is 0 Å². The van der Waals surface area contributed by atoms with Crippen LogP contribution in [0.1, 0.15) is 48.0 Å². The molecule has 1 atom stereocenters. The molecule has 0 heterocycles. The Morgan fingerprint density at radius 1 is 0.810 bits per heavy atom. The minimum Gasteiger partial charge on any atom is -0.417 e. The molecule has 1 unspecified atom stereocenters. The number of hydrogen-bond acceptors (Lipinski definition) is 3. The van der Waals surface area contributed by atoms with Crippen LogP contribution in [0.15, 0.2) is 0 Å². The topological polar surface area (TPSA) is 44.5 Å². The predicted molar refractivity (Wildman–Crippen MR) is 98.9 cm³/mol. The van der Waals surface area contributed by atoms with Gasteiger partial charge >= 0.3 is 0 Å². The zero-order valence-corrected chi connectivity index (χ0v) is 18.1. The third kappa shape index (κ3) is 6.95. The van der Waals surface area contributed by atoms with Crippen LogP contribution in [0.25, 0.3) is 0 Å². The van der Waals surface area contributed by atoms with Gasteiger partial charge in [-0.3, -0.25) is 0 Å². The van der Waals surface area contributed by atoms with Crippen molar-refractivity contribution in [3.8, 4) is 0 Å². The maximum atomic E-state index is 6.20. The van der Waals surface area contributed by atoms with E-state index in [1.165, 1.54) is 0 Å². The van der Waals surface area contributed by atoms with Gasteiger partial charge in [-0.25, -0.2) is 0 Å². The van der Waals surface area contributed by atoms with Gasteiger partial charge in [0.15, 0.2) is 16.6 Å². The Kier molecular flexibility index (Phi) is 7.37. The molecule has 0 aliphatic heterocycles. The first-order chi connectivity index (χ1) is 9.10. The normalized spacial score (nSPS) is 16.1. The van der Waals surface area contributed by atoms with Crippen molar-refractivity contribution in [1.82, 2.24) is 0 Å². The van der Waals surface area contributed by atoms with Crippen LogP contribution in [-0.4, -0.2) is 35.9 Å². The summed E-state index contributed by atoms with van der Waals surface area (Å²) in [7, 11) is -3.33. The van der Waals surface area contributed by atoms with Gasteiger partial charge in [-0.1, -0.05) is 41.5 Å².